The molecule has 0 heterocycles. The molecule has 0 radical (unpaired) electrons. The Morgan fingerprint density at radius 2 is 0.678 bits per heavy atom. The molecule has 0 aromatic heterocycles. The van der Waals surface area contributed by atoms with Crippen LogP contribution in [-0.2, 0) is 0 Å². The number of fused-ring (bicyclic) bond motifs is 10. The summed E-state index contributed by atoms with van der Waals surface area (Å²) >= 11 is 7.53. The van der Waals surface area contributed by atoms with Crippen LogP contribution in [0.2, 0.25) is 5.02 Å². The van der Waals surface area contributed by atoms with E-state index in [4.69, 9.17) is 11.6 Å². The van der Waals surface area contributed by atoms with Crippen molar-refractivity contribution >= 4 is 76.2 Å². The van der Waals surface area contributed by atoms with E-state index >= 15 is 0 Å². The van der Waals surface area contributed by atoms with Gasteiger partial charge in [0.05, 0.1) is 0 Å². The first-order valence-corrected chi connectivity index (χ1v) is 20.8. The van der Waals surface area contributed by atoms with Gasteiger partial charge in [0.15, 0.2) is 0 Å². The fraction of sp³-hybridized carbons (Fsp3) is 0. The van der Waals surface area contributed by atoms with Gasteiger partial charge in [-0.15, -0.1) is 0 Å². The summed E-state index contributed by atoms with van der Waals surface area (Å²) in [7, 11) is 0. The molecule has 0 fully saturated rings. The van der Waals surface area contributed by atoms with Crippen molar-refractivity contribution in [2.24, 2.45) is 0 Å². The summed E-state index contributed by atoms with van der Waals surface area (Å²) in [5.41, 5.74) is 17.5. The maximum Gasteiger partial charge on any atom is 0.0491 e. The Morgan fingerprint density at radius 1 is 0.237 bits per heavy atom. The van der Waals surface area contributed by atoms with Crippen molar-refractivity contribution in [2.75, 3.05) is 0 Å². The van der Waals surface area contributed by atoms with Gasteiger partial charge < -0.3 is 0 Å². The Balaban J connectivity index is 1.16. The molecule has 0 aliphatic heterocycles. The Labute approximate surface area is 345 Å². The van der Waals surface area contributed by atoms with Crippen LogP contribution in [0.5, 0.6) is 0 Å². The van der Waals surface area contributed by atoms with Crippen LogP contribution in [0.25, 0.3) is 143 Å². The first-order valence-electron chi connectivity index (χ1n) is 20.5. The zero-order valence-electron chi connectivity index (χ0n) is 31.8. The molecule has 0 N–H and O–H groups in total. The maximum absolute atomic E-state index is 7.53. The van der Waals surface area contributed by atoms with Crippen molar-refractivity contribution < 1.29 is 0 Å². The van der Waals surface area contributed by atoms with Gasteiger partial charge in [-0.05, 0) is 149 Å². The average molecular weight is 763 g/mol. The van der Waals surface area contributed by atoms with Crippen LogP contribution in [-0.4, -0.2) is 0 Å². The third kappa shape index (κ3) is 4.04. The summed E-state index contributed by atoms with van der Waals surface area (Å²) in [5, 5.41) is 16.2. The highest BCUT2D eigenvalue weighted by molar-refractivity contribution is 6.42. The SMILES string of the molecule is Clc1cc2c(-c3ccccc3)c3c(c(-c4ccccc4)c2cc1-c1cccc2ccccc12)-c1ccc2c4ccc5c6c(ccc(c7ccc-3c1c72)c64)-c1ccccc1-5. The molecule has 2 aliphatic carbocycles. The lowest BCUT2D eigenvalue weighted by Gasteiger charge is -2.22. The summed E-state index contributed by atoms with van der Waals surface area (Å²) < 4.78 is 0. The fourth-order valence-electron chi connectivity index (χ4n) is 11.2. The Kier molecular flexibility index (Phi) is 6.17. The summed E-state index contributed by atoms with van der Waals surface area (Å²) in [6.45, 7) is 0. The van der Waals surface area contributed by atoms with Crippen molar-refractivity contribution in [3.8, 4) is 77.9 Å². The molecular formula is C58H31Cl. The third-order valence-corrected chi connectivity index (χ3v) is 13.9. The predicted molar refractivity (Wildman–Crippen MR) is 253 cm³/mol. The van der Waals surface area contributed by atoms with Gasteiger partial charge in [-0.3, -0.25) is 0 Å². The zero-order valence-corrected chi connectivity index (χ0v) is 32.5. The minimum absolute atomic E-state index is 0.751. The first kappa shape index (κ1) is 31.8. The molecule has 0 spiro atoms. The molecular weight excluding hydrogens is 732 g/mol. The van der Waals surface area contributed by atoms with Gasteiger partial charge in [-0.2, -0.15) is 0 Å². The molecule has 0 atom stereocenters. The number of hydrogen-bond donors (Lipinski definition) is 0. The van der Waals surface area contributed by atoms with Gasteiger partial charge >= 0.3 is 0 Å². The summed E-state index contributed by atoms with van der Waals surface area (Å²) in [5.74, 6) is 0. The van der Waals surface area contributed by atoms with Gasteiger partial charge in [0.25, 0.3) is 0 Å². The molecule has 59 heavy (non-hydrogen) atoms. The number of halogens is 1. The summed E-state index contributed by atoms with van der Waals surface area (Å²) in [6.07, 6.45) is 0. The third-order valence-electron chi connectivity index (χ3n) is 13.5. The molecule has 0 saturated carbocycles. The topological polar surface area (TPSA) is 0 Å². The number of benzene rings is 12. The largest absolute Gasteiger partial charge is 0.0836 e. The minimum Gasteiger partial charge on any atom is -0.0836 e. The Hall–Kier alpha value is -7.25. The molecule has 0 bridgehead atoms. The molecule has 0 unspecified atom stereocenters. The van der Waals surface area contributed by atoms with E-state index in [1.807, 2.05) is 0 Å². The smallest absolute Gasteiger partial charge is 0.0491 e. The van der Waals surface area contributed by atoms with E-state index in [-0.39, 0.29) is 0 Å². The van der Waals surface area contributed by atoms with Crippen LogP contribution in [0, 0.1) is 0 Å². The van der Waals surface area contributed by atoms with Gasteiger partial charge in [0, 0.05) is 10.6 Å². The predicted octanol–water partition coefficient (Wildman–Crippen LogP) is 17.0. The maximum atomic E-state index is 7.53. The van der Waals surface area contributed by atoms with Crippen LogP contribution in [0.1, 0.15) is 0 Å². The molecule has 0 saturated heterocycles. The number of rotatable bonds is 3. The highest BCUT2D eigenvalue weighted by atomic mass is 35.5. The molecule has 0 amide bonds. The standard InChI is InChI=1S/C58H31Cl/c59-50-31-49-48(30-47(50)36-21-11-17-32-12-7-8-18-35(32)36)51(33-13-3-1-4-14-33)57-45-28-26-43-41-24-22-39-37-19-9-10-20-38(37)40-23-25-42(54(41)53(39)40)44-27-29-46(56(45)55(43)44)58(57)52(49)34-15-5-2-6-16-34/h1-31H. The summed E-state index contributed by atoms with van der Waals surface area (Å²) in [4.78, 5) is 0. The van der Waals surface area contributed by atoms with Crippen molar-refractivity contribution in [2.45, 2.75) is 0 Å². The highest BCUT2D eigenvalue weighted by Gasteiger charge is 2.33. The van der Waals surface area contributed by atoms with E-state index in [2.05, 4.69) is 188 Å². The van der Waals surface area contributed by atoms with Gasteiger partial charge in [-0.25, -0.2) is 0 Å². The fourth-order valence-corrected chi connectivity index (χ4v) is 11.5. The van der Waals surface area contributed by atoms with Crippen molar-refractivity contribution in [1.82, 2.24) is 0 Å². The van der Waals surface area contributed by atoms with E-state index in [0.717, 1.165) is 21.5 Å². The van der Waals surface area contributed by atoms with Crippen LogP contribution in [0.3, 0.4) is 0 Å². The molecule has 270 valence electrons. The van der Waals surface area contributed by atoms with Gasteiger partial charge in [0.1, 0.15) is 0 Å². The van der Waals surface area contributed by atoms with E-state index in [1.54, 1.807) is 0 Å². The van der Waals surface area contributed by atoms with E-state index < -0.39 is 0 Å². The van der Waals surface area contributed by atoms with Crippen LogP contribution in [0.15, 0.2) is 188 Å². The first-order chi connectivity index (χ1) is 29.2. The lowest BCUT2D eigenvalue weighted by molar-refractivity contribution is 1.62. The van der Waals surface area contributed by atoms with Gasteiger partial charge in [0.2, 0.25) is 0 Å². The van der Waals surface area contributed by atoms with E-state index in [1.165, 1.54) is 126 Å². The van der Waals surface area contributed by atoms with E-state index in [0.29, 0.717) is 0 Å². The van der Waals surface area contributed by atoms with Crippen LogP contribution < -0.4 is 0 Å². The molecule has 0 nitrogen and oxygen atoms in total. The lowest BCUT2D eigenvalue weighted by atomic mass is 9.81. The molecule has 12 aromatic rings. The molecule has 2 aliphatic rings. The lowest BCUT2D eigenvalue weighted by Crippen LogP contribution is -1.95. The normalized spacial score (nSPS) is 12.5. The van der Waals surface area contributed by atoms with Crippen molar-refractivity contribution in [3.63, 3.8) is 0 Å². The highest BCUT2D eigenvalue weighted by Crippen LogP contribution is 2.61. The molecule has 12 aromatic carbocycles. The van der Waals surface area contributed by atoms with Crippen LogP contribution in [0.4, 0.5) is 0 Å². The average Bonchev–Trinajstić information content (AvgIpc) is 3.81. The minimum atomic E-state index is 0.751. The van der Waals surface area contributed by atoms with E-state index in [9.17, 15) is 0 Å². The zero-order chi connectivity index (χ0) is 38.5. The summed E-state index contributed by atoms with van der Waals surface area (Å²) in [6, 6.07) is 69.8. The van der Waals surface area contributed by atoms with Crippen molar-refractivity contribution in [1.29, 1.82) is 0 Å². The van der Waals surface area contributed by atoms with Crippen molar-refractivity contribution in [3.05, 3.63) is 193 Å². The Morgan fingerprint density at radius 3 is 1.25 bits per heavy atom. The second kappa shape index (κ2) is 11.4. The number of hydrogen-bond acceptors (Lipinski definition) is 0. The van der Waals surface area contributed by atoms with Crippen LogP contribution >= 0.6 is 11.6 Å². The monoisotopic (exact) mass is 762 g/mol. The Bertz CT molecular complexity index is 3740. The second-order valence-electron chi connectivity index (χ2n) is 16.3. The molecule has 14 rings (SSSR count). The second-order valence-corrected chi connectivity index (χ2v) is 16.7. The molecule has 1 heteroatoms. The van der Waals surface area contributed by atoms with Gasteiger partial charge in [-0.1, -0.05) is 188 Å². The quantitative estimate of drug-likeness (QED) is 0.124.